The maximum absolute atomic E-state index is 12.4. The molecule has 0 unspecified atom stereocenters. The molecule has 0 fully saturated rings. The third-order valence-corrected chi connectivity index (χ3v) is 5.33. The standard InChI is InChI=1S/C20H18ClF3N4S/c1-12-2-3-14(8-16(12)21)18-9-19(28-11-27-18)26-10-17(25)13-4-6-15(7-5-13)29-20(22,23)24/h2-9,11,17H,10,25H2,1H3,(H,26,27,28)/t17-/m0/s1. The number of anilines is 1. The van der Waals surface area contributed by atoms with Crippen molar-refractivity contribution >= 4 is 29.2 Å². The summed E-state index contributed by atoms with van der Waals surface area (Å²) in [5, 5.41) is 3.79. The maximum atomic E-state index is 12.4. The average Bonchev–Trinajstić information content (AvgIpc) is 2.68. The molecule has 29 heavy (non-hydrogen) atoms. The minimum atomic E-state index is -4.31. The summed E-state index contributed by atoms with van der Waals surface area (Å²) >= 11 is 6.03. The lowest BCUT2D eigenvalue weighted by Crippen LogP contribution is -2.21. The van der Waals surface area contributed by atoms with Crippen LogP contribution in [-0.4, -0.2) is 22.0 Å². The predicted octanol–water partition coefficient (Wildman–Crippen LogP) is 5.83. The Kier molecular flexibility index (Phi) is 6.66. The number of halogens is 4. The van der Waals surface area contributed by atoms with Crippen molar-refractivity contribution in [3.05, 3.63) is 71.0 Å². The Balaban J connectivity index is 1.64. The SMILES string of the molecule is Cc1ccc(-c2cc(NC[C@H](N)c3ccc(SC(F)(F)F)cc3)ncn2)cc1Cl. The summed E-state index contributed by atoms with van der Waals surface area (Å²) in [6, 6.07) is 13.1. The molecule has 0 amide bonds. The van der Waals surface area contributed by atoms with Crippen LogP contribution in [0.4, 0.5) is 19.0 Å². The van der Waals surface area contributed by atoms with Gasteiger partial charge in [-0.15, -0.1) is 0 Å². The molecule has 3 N–H and O–H groups in total. The third kappa shape index (κ3) is 6.09. The lowest BCUT2D eigenvalue weighted by Gasteiger charge is -2.15. The molecule has 1 aromatic heterocycles. The molecule has 1 heterocycles. The normalized spacial score (nSPS) is 12.6. The number of alkyl halides is 3. The molecule has 0 saturated carbocycles. The van der Waals surface area contributed by atoms with Crippen LogP contribution >= 0.6 is 23.4 Å². The summed E-state index contributed by atoms with van der Waals surface area (Å²) in [4.78, 5) is 8.58. The van der Waals surface area contributed by atoms with E-state index in [0.717, 1.165) is 16.7 Å². The van der Waals surface area contributed by atoms with Gasteiger partial charge in [0.1, 0.15) is 12.1 Å². The zero-order valence-corrected chi connectivity index (χ0v) is 16.9. The summed E-state index contributed by atoms with van der Waals surface area (Å²) in [5.74, 6) is 0.589. The van der Waals surface area contributed by atoms with Crippen molar-refractivity contribution in [1.29, 1.82) is 0 Å². The second kappa shape index (κ2) is 9.02. The van der Waals surface area contributed by atoms with Crippen molar-refractivity contribution in [3.8, 4) is 11.3 Å². The van der Waals surface area contributed by atoms with Gasteiger partial charge < -0.3 is 11.1 Å². The maximum Gasteiger partial charge on any atom is 0.446 e. The molecule has 3 rings (SSSR count). The smallest absolute Gasteiger partial charge is 0.368 e. The van der Waals surface area contributed by atoms with Gasteiger partial charge in [0.25, 0.3) is 0 Å². The monoisotopic (exact) mass is 438 g/mol. The van der Waals surface area contributed by atoms with Crippen LogP contribution in [0.5, 0.6) is 0 Å². The van der Waals surface area contributed by atoms with Crippen LogP contribution in [0.1, 0.15) is 17.2 Å². The molecule has 0 radical (unpaired) electrons. The van der Waals surface area contributed by atoms with Crippen LogP contribution in [0.25, 0.3) is 11.3 Å². The fourth-order valence-corrected chi connectivity index (χ4v) is 3.33. The Bertz CT molecular complexity index is 980. The van der Waals surface area contributed by atoms with Gasteiger partial charge in [-0.3, -0.25) is 0 Å². The van der Waals surface area contributed by atoms with Gasteiger partial charge in [-0.25, -0.2) is 9.97 Å². The van der Waals surface area contributed by atoms with E-state index in [1.165, 1.54) is 18.5 Å². The van der Waals surface area contributed by atoms with Gasteiger partial charge in [0, 0.05) is 34.1 Å². The molecule has 9 heteroatoms. The van der Waals surface area contributed by atoms with Gasteiger partial charge in [-0.2, -0.15) is 13.2 Å². The van der Waals surface area contributed by atoms with E-state index in [4.69, 9.17) is 17.3 Å². The number of thioether (sulfide) groups is 1. The topological polar surface area (TPSA) is 63.8 Å². The van der Waals surface area contributed by atoms with Gasteiger partial charge in [-0.05, 0) is 48.0 Å². The Morgan fingerprint density at radius 3 is 2.48 bits per heavy atom. The lowest BCUT2D eigenvalue weighted by atomic mass is 10.1. The fourth-order valence-electron chi connectivity index (χ4n) is 2.61. The zero-order valence-electron chi connectivity index (χ0n) is 15.4. The Labute approximate surface area is 175 Å². The number of rotatable bonds is 6. The first-order valence-electron chi connectivity index (χ1n) is 8.65. The van der Waals surface area contributed by atoms with Crippen molar-refractivity contribution < 1.29 is 13.2 Å². The molecule has 0 aliphatic heterocycles. The minimum absolute atomic E-state index is 0.124. The number of aryl methyl sites for hydroxylation is 1. The van der Waals surface area contributed by atoms with E-state index in [1.807, 2.05) is 25.1 Å². The summed E-state index contributed by atoms with van der Waals surface area (Å²) in [5.41, 5.74) is 5.13. The summed E-state index contributed by atoms with van der Waals surface area (Å²) < 4.78 is 37.2. The second-order valence-corrected chi connectivity index (χ2v) is 7.90. The van der Waals surface area contributed by atoms with Crippen LogP contribution in [0, 0.1) is 6.92 Å². The molecule has 0 aliphatic rings. The van der Waals surface area contributed by atoms with E-state index in [9.17, 15) is 13.2 Å². The van der Waals surface area contributed by atoms with Gasteiger partial charge >= 0.3 is 5.51 Å². The molecule has 4 nitrogen and oxygen atoms in total. The van der Waals surface area contributed by atoms with E-state index in [2.05, 4.69) is 15.3 Å². The molecule has 3 aromatic rings. The van der Waals surface area contributed by atoms with E-state index < -0.39 is 11.6 Å². The highest BCUT2D eigenvalue weighted by Gasteiger charge is 2.29. The van der Waals surface area contributed by atoms with Crippen molar-refractivity contribution in [3.63, 3.8) is 0 Å². The highest BCUT2D eigenvalue weighted by molar-refractivity contribution is 8.00. The summed E-state index contributed by atoms with van der Waals surface area (Å²) in [7, 11) is 0. The average molecular weight is 439 g/mol. The van der Waals surface area contributed by atoms with Crippen LogP contribution in [0.3, 0.4) is 0 Å². The van der Waals surface area contributed by atoms with Crippen LogP contribution in [0.15, 0.2) is 59.8 Å². The van der Waals surface area contributed by atoms with E-state index in [1.54, 1.807) is 18.2 Å². The molecule has 152 valence electrons. The van der Waals surface area contributed by atoms with Crippen molar-refractivity contribution in [2.45, 2.75) is 23.4 Å². The highest BCUT2D eigenvalue weighted by Crippen LogP contribution is 2.37. The molecule has 0 bridgehead atoms. The number of hydrogen-bond donors (Lipinski definition) is 2. The molecule has 2 aromatic carbocycles. The number of nitrogens with two attached hydrogens (primary N) is 1. The van der Waals surface area contributed by atoms with Crippen molar-refractivity contribution in [1.82, 2.24) is 9.97 Å². The Morgan fingerprint density at radius 1 is 1.10 bits per heavy atom. The summed E-state index contributed by atoms with van der Waals surface area (Å²) in [6.45, 7) is 2.28. The van der Waals surface area contributed by atoms with Crippen LogP contribution < -0.4 is 11.1 Å². The van der Waals surface area contributed by atoms with E-state index in [0.29, 0.717) is 23.1 Å². The predicted molar refractivity (Wildman–Crippen MR) is 111 cm³/mol. The molecular weight excluding hydrogens is 421 g/mol. The summed E-state index contributed by atoms with van der Waals surface area (Å²) in [6.07, 6.45) is 1.44. The minimum Gasteiger partial charge on any atom is -0.368 e. The van der Waals surface area contributed by atoms with E-state index in [-0.39, 0.29) is 16.7 Å². The molecule has 0 spiro atoms. The zero-order chi connectivity index (χ0) is 21.0. The first-order chi connectivity index (χ1) is 13.7. The number of nitrogens with one attached hydrogen (secondary N) is 1. The Hall–Kier alpha value is -2.29. The molecular formula is C20H18ClF3N4S. The van der Waals surface area contributed by atoms with Crippen LogP contribution in [-0.2, 0) is 0 Å². The largest absolute Gasteiger partial charge is 0.446 e. The molecule has 0 saturated heterocycles. The molecule has 0 aliphatic carbocycles. The van der Waals surface area contributed by atoms with Crippen molar-refractivity contribution in [2.75, 3.05) is 11.9 Å². The molecule has 1 atom stereocenters. The number of aromatic nitrogens is 2. The highest BCUT2D eigenvalue weighted by atomic mass is 35.5. The number of hydrogen-bond acceptors (Lipinski definition) is 5. The first kappa shape index (κ1) is 21.4. The third-order valence-electron chi connectivity index (χ3n) is 4.18. The van der Waals surface area contributed by atoms with Gasteiger partial charge in [0.2, 0.25) is 0 Å². The van der Waals surface area contributed by atoms with E-state index >= 15 is 0 Å². The quantitative estimate of drug-likeness (QED) is 0.474. The second-order valence-electron chi connectivity index (χ2n) is 6.36. The van der Waals surface area contributed by atoms with Gasteiger partial charge in [0.15, 0.2) is 0 Å². The lowest BCUT2D eigenvalue weighted by molar-refractivity contribution is -0.0328. The Morgan fingerprint density at radius 2 is 1.83 bits per heavy atom. The van der Waals surface area contributed by atoms with Crippen LogP contribution in [0.2, 0.25) is 5.02 Å². The fraction of sp³-hybridized carbons (Fsp3) is 0.200. The van der Waals surface area contributed by atoms with Gasteiger partial charge in [-0.1, -0.05) is 35.9 Å². The first-order valence-corrected chi connectivity index (χ1v) is 9.84. The van der Waals surface area contributed by atoms with Gasteiger partial charge in [0.05, 0.1) is 5.69 Å². The number of benzene rings is 2. The van der Waals surface area contributed by atoms with Crippen molar-refractivity contribution in [2.24, 2.45) is 5.73 Å². The number of nitrogens with zero attached hydrogens (tertiary/aromatic N) is 2.